The van der Waals surface area contributed by atoms with Crippen LogP contribution in [0.1, 0.15) is 22.8 Å². The Labute approximate surface area is 121 Å². The van der Waals surface area contributed by atoms with Gasteiger partial charge in [-0.25, -0.2) is 12.8 Å². The van der Waals surface area contributed by atoms with Crippen molar-refractivity contribution in [3.05, 3.63) is 41.8 Å². The van der Waals surface area contributed by atoms with Gasteiger partial charge in [-0.15, -0.1) is 0 Å². The molecule has 1 unspecified atom stereocenters. The summed E-state index contributed by atoms with van der Waals surface area (Å²) in [4.78, 5) is 11.2. The van der Waals surface area contributed by atoms with E-state index in [9.17, 15) is 17.6 Å². The molecule has 0 radical (unpaired) electrons. The molecule has 110 valence electrons. The topological polar surface area (TPSA) is 69.0 Å². The Bertz CT molecular complexity index is 798. The van der Waals surface area contributed by atoms with Crippen LogP contribution in [0.4, 0.5) is 4.39 Å². The summed E-state index contributed by atoms with van der Waals surface area (Å²) >= 11 is 0. The van der Waals surface area contributed by atoms with Gasteiger partial charge < -0.3 is 0 Å². The van der Waals surface area contributed by atoms with Gasteiger partial charge in [0.05, 0.1) is 23.1 Å². The third-order valence-corrected chi connectivity index (χ3v) is 5.32. The highest BCUT2D eigenvalue weighted by atomic mass is 32.2. The number of nitrogens with zero attached hydrogens (tertiary/aromatic N) is 2. The molecule has 0 aliphatic carbocycles. The predicted molar refractivity (Wildman–Crippen MR) is 75.3 cm³/mol. The summed E-state index contributed by atoms with van der Waals surface area (Å²) in [5.41, 5.74) is 1.19. The van der Waals surface area contributed by atoms with Crippen molar-refractivity contribution in [3.8, 4) is 11.3 Å². The largest absolute Gasteiger partial charge is 0.298 e. The number of rotatable bonds is 3. The van der Waals surface area contributed by atoms with E-state index in [0.717, 1.165) is 0 Å². The Kier molecular flexibility index (Phi) is 3.36. The first kappa shape index (κ1) is 13.9. The lowest BCUT2D eigenvalue weighted by atomic mass is 10.1. The second-order valence-corrected chi connectivity index (χ2v) is 7.33. The van der Waals surface area contributed by atoms with Gasteiger partial charge in [-0.2, -0.15) is 5.10 Å². The van der Waals surface area contributed by atoms with Gasteiger partial charge in [-0.3, -0.25) is 9.48 Å². The monoisotopic (exact) mass is 308 g/mol. The van der Waals surface area contributed by atoms with Crippen LogP contribution < -0.4 is 0 Å². The summed E-state index contributed by atoms with van der Waals surface area (Å²) in [5, 5.41) is 4.29. The first-order valence-electron chi connectivity index (χ1n) is 6.49. The highest BCUT2D eigenvalue weighted by Gasteiger charge is 2.30. The standard InChI is InChI=1S/C14H13FN2O3S/c15-12-3-1-2-10(6-12)14-11(8-18)7-17(16-14)13-4-5-21(19,20)9-13/h1-3,6-8,13H,4-5,9H2. The molecule has 1 aliphatic heterocycles. The zero-order valence-corrected chi connectivity index (χ0v) is 11.9. The van der Waals surface area contributed by atoms with E-state index < -0.39 is 15.7 Å². The number of benzene rings is 1. The molecular weight excluding hydrogens is 295 g/mol. The number of aromatic nitrogens is 2. The fourth-order valence-corrected chi connectivity index (χ4v) is 4.23. The normalized spacial score (nSPS) is 20.5. The molecule has 0 spiro atoms. The fraction of sp³-hybridized carbons (Fsp3) is 0.286. The minimum Gasteiger partial charge on any atom is -0.298 e. The van der Waals surface area contributed by atoms with E-state index in [1.165, 1.54) is 29.1 Å². The number of hydrogen-bond acceptors (Lipinski definition) is 4. The van der Waals surface area contributed by atoms with Crippen LogP contribution in [-0.2, 0) is 9.84 Å². The van der Waals surface area contributed by atoms with Crippen LogP contribution in [0.25, 0.3) is 11.3 Å². The van der Waals surface area contributed by atoms with E-state index in [-0.39, 0.29) is 17.5 Å². The SMILES string of the molecule is O=Cc1cn(C2CCS(=O)(=O)C2)nc1-c1cccc(F)c1. The molecule has 0 bridgehead atoms. The average molecular weight is 308 g/mol. The molecule has 7 heteroatoms. The van der Waals surface area contributed by atoms with Crippen LogP contribution in [0.5, 0.6) is 0 Å². The van der Waals surface area contributed by atoms with Gasteiger partial charge in [0.25, 0.3) is 0 Å². The Hall–Kier alpha value is -2.02. The Morgan fingerprint density at radius 1 is 1.38 bits per heavy atom. The minimum atomic E-state index is -3.03. The van der Waals surface area contributed by atoms with Crippen molar-refractivity contribution in [2.75, 3.05) is 11.5 Å². The molecule has 1 aliphatic rings. The molecule has 1 fully saturated rings. The predicted octanol–water partition coefficient (Wildman–Crippen LogP) is 1.86. The smallest absolute Gasteiger partial charge is 0.153 e. The van der Waals surface area contributed by atoms with E-state index in [1.807, 2.05) is 0 Å². The van der Waals surface area contributed by atoms with E-state index in [1.54, 1.807) is 6.07 Å². The van der Waals surface area contributed by atoms with Gasteiger partial charge in [0.15, 0.2) is 16.1 Å². The van der Waals surface area contributed by atoms with Gasteiger partial charge in [-0.05, 0) is 18.6 Å². The van der Waals surface area contributed by atoms with Crippen molar-refractivity contribution in [3.63, 3.8) is 0 Å². The number of aldehydes is 1. The Morgan fingerprint density at radius 3 is 2.81 bits per heavy atom. The van der Waals surface area contributed by atoms with Gasteiger partial charge >= 0.3 is 0 Å². The summed E-state index contributed by atoms with van der Waals surface area (Å²) in [6.45, 7) is 0. The van der Waals surface area contributed by atoms with Crippen LogP contribution >= 0.6 is 0 Å². The zero-order valence-electron chi connectivity index (χ0n) is 11.1. The highest BCUT2D eigenvalue weighted by molar-refractivity contribution is 7.91. The maximum absolute atomic E-state index is 13.3. The molecule has 0 saturated carbocycles. The maximum Gasteiger partial charge on any atom is 0.153 e. The van der Waals surface area contributed by atoms with E-state index in [0.29, 0.717) is 29.5 Å². The van der Waals surface area contributed by atoms with E-state index >= 15 is 0 Å². The van der Waals surface area contributed by atoms with Gasteiger partial charge in [0.2, 0.25) is 0 Å². The quantitative estimate of drug-likeness (QED) is 0.812. The number of sulfone groups is 1. The lowest BCUT2D eigenvalue weighted by Gasteiger charge is -2.07. The molecule has 1 aromatic carbocycles. The lowest BCUT2D eigenvalue weighted by Crippen LogP contribution is -2.11. The van der Waals surface area contributed by atoms with Crippen molar-refractivity contribution < 1.29 is 17.6 Å². The first-order chi connectivity index (χ1) is 9.98. The highest BCUT2D eigenvalue weighted by Crippen LogP contribution is 2.27. The molecule has 1 atom stereocenters. The minimum absolute atomic E-state index is 0.0234. The van der Waals surface area contributed by atoms with E-state index in [4.69, 9.17) is 0 Å². The van der Waals surface area contributed by atoms with Gasteiger partial charge in [0, 0.05) is 11.8 Å². The number of hydrogen-bond donors (Lipinski definition) is 0. The second kappa shape index (κ2) is 5.07. The molecule has 5 nitrogen and oxygen atoms in total. The second-order valence-electron chi connectivity index (χ2n) is 5.10. The zero-order chi connectivity index (χ0) is 15.0. The molecule has 1 aromatic heterocycles. The molecule has 0 amide bonds. The molecule has 1 saturated heterocycles. The third-order valence-electron chi connectivity index (χ3n) is 3.57. The summed E-state index contributed by atoms with van der Waals surface area (Å²) in [6.07, 6.45) is 2.65. The summed E-state index contributed by atoms with van der Waals surface area (Å²) < 4.78 is 37.9. The van der Waals surface area contributed by atoms with Gasteiger partial charge in [-0.1, -0.05) is 12.1 Å². The first-order valence-corrected chi connectivity index (χ1v) is 8.31. The van der Waals surface area contributed by atoms with E-state index in [2.05, 4.69) is 5.10 Å². The van der Waals surface area contributed by atoms with Crippen LogP contribution in [0, 0.1) is 5.82 Å². The fourth-order valence-electron chi connectivity index (χ4n) is 2.52. The number of carbonyl (C=O) groups is 1. The molecule has 21 heavy (non-hydrogen) atoms. The molecule has 0 N–H and O–H groups in total. The molecular formula is C14H13FN2O3S. The number of halogens is 1. The van der Waals surface area contributed by atoms with Crippen LogP contribution in [0.2, 0.25) is 0 Å². The number of carbonyl (C=O) groups excluding carboxylic acids is 1. The molecule has 2 aromatic rings. The summed E-state index contributed by atoms with van der Waals surface area (Å²) in [6, 6.07) is 5.54. The molecule has 3 rings (SSSR count). The van der Waals surface area contributed by atoms with Crippen molar-refractivity contribution in [1.82, 2.24) is 9.78 Å². The average Bonchev–Trinajstić information content (AvgIpc) is 3.01. The van der Waals surface area contributed by atoms with Crippen LogP contribution in [0.15, 0.2) is 30.5 Å². The molecule has 2 heterocycles. The van der Waals surface area contributed by atoms with Crippen molar-refractivity contribution >= 4 is 16.1 Å². The van der Waals surface area contributed by atoms with Crippen molar-refractivity contribution in [1.29, 1.82) is 0 Å². The summed E-state index contributed by atoms with van der Waals surface area (Å²) in [7, 11) is -3.03. The van der Waals surface area contributed by atoms with Gasteiger partial charge in [0.1, 0.15) is 11.5 Å². The Morgan fingerprint density at radius 2 is 2.19 bits per heavy atom. The van der Waals surface area contributed by atoms with Crippen LogP contribution in [0.3, 0.4) is 0 Å². The van der Waals surface area contributed by atoms with Crippen molar-refractivity contribution in [2.45, 2.75) is 12.5 Å². The Balaban J connectivity index is 2.01. The van der Waals surface area contributed by atoms with Crippen molar-refractivity contribution in [2.24, 2.45) is 0 Å². The third kappa shape index (κ3) is 2.73. The lowest BCUT2D eigenvalue weighted by molar-refractivity contribution is 0.112. The summed E-state index contributed by atoms with van der Waals surface area (Å²) in [5.74, 6) is -0.263. The van der Waals surface area contributed by atoms with Crippen LogP contribution in [-0.4, -0.2) is 36.0 Å². The maximum atomic E-state index is 13.3.